The van der Waals surface area contributed by atoms with Crippen molar-refractivity contribution in [3.8, 4) is 0 Å². The SMILES string of the molecule is Cc1c(C(=O)N2CCN(c3ccccc3)CC2)oc2c1[C@@H](O)CC(C)(C)C2. The molecule has 5 heteroatoms. The molecule has 27 heavy (non-hydrogen) atoms. The van der Waals surface area contributed by atoms with Crippen LogP contribution in [0.3, 0.4) is 0 Å². The number of nitrogens with zero attached hydrogens (tertiary/aromatic N) is 2. The molecule has 1 saturated heterocycles. The monoisotopic (exact) mass is 368 g/mol. The van der Waals surface area contributed by atoms with Crippen LogP contribution in [0.25, 0.3) is 0 Å². The third kappa shape index (κ3) is 3.36. The summed E-state index contributed by atoms with van der Waals surface area (Å²) in [6.45, 7) is 9.12. The molecule has 1 atom stereocenters. The number of carbonyl (C=O) groups excluding carboxylic acids is 1. The molecule has 144 valence electrons. The zero-order valence-corrected chi connectivity index (χ0v) is 16.4. The van der Waals surface area contributed by atoms with Gasteiger partial charge >= 0.3 is 0 Å². The largest absolute Gasteiger partial charge is 0.455 e. The lowest BCUT2D eigenvalue weighted by atomic mass is 9.75. The number of hydrogen-bond acceptors (Lipinski definition) is 4. The van der Waals surface area contributed by atoms with Crippen molar-refractivity contribution in [1.29, 1.82) is 0 Å². The second kappa shape index (κ2) is 6.71. The number of hydrogen-bond donors (Lipinski definition) is 1. The van der Waals surface area contributed by atoms with Gasteiger partial charge in [0.1, 0.15) is 5.76 Å². The van der Waals surface area contributed by atoms with Gasteiger partial charge < -0.3 is 19.3 Å². The molecule has 0 radical (unpaired) electrons. The van der Waals surface area contributed by atoms with E-state index >= 15 is 0 Å². The molecule has 1 aromatic heterocycles. The molecular formula is C22H28N2O3. The van der Waals surface area contributed by atoms with E-state index < -0.39 is 6.10 Å². The number of amides is 1. The molecule has 4 rings (SSSR count). The summed E-state index contributed by atoms with van der Waals surface area (Å²) in [4.78, 5) is 17.3. The number of fused-ring (bicyclic) bond motifs is 1. The Morgan fingerprint density at radius 1 is 1.15 bits per heavy atom. The standard InChI is InChI=1S/C22H28N2O3/c1-15-19-17(25)13-22(2,3)14-18(19)27-20(15)21(26)24-11-9-23(10-12-24)16-7-5-4-6-8-16/h4-8,17,25H,9-14H2,1-3H3/t17-/m0/s1. The van der Waals surface area contributed by atoms with Crippen molar-refractivity contribution in [3.63, 3.8) is 0 Å². The van der Waals surface area contributed by atoms with E-state index in [9.17, 15) is 9.90 Å². The summed E-state index contributed by atoms with van der Waals surface area (Å²) in [7, 11) is 0. The highest BCUT2D eigenvalue weighted by Gasteiger charge is 2.38. The predicted octanol–water partition coefficient (Wildman–Crippen LogP) is 3.56. The Bertz CT molecular complexity index is 833. The summed E-state index contributed by atoms with van der Waals surface area (Å²) < 4.78 is 6.00. The minimum Gasteiger partial charge on any atom is -0.455 e. The van der Waals surface area contributed by atoms with Crippen LogP contribution in [0, 0.1) is 12.3 Å². The number of benzene rings is 1. The Morgan fingerprint density at radius 3 is 2.48 bits per heavy atom. The van der Waals surface area contributed by atoms with Gasteiger partial charge in [-0.3, -0.25) is 4.79 Å². The molecule has 0 saturated carbocycles. The van der Waals surface area contributed by atoms with Crippen LogP contribution < -0.4 is 4.90 Å². The first-order valence-electron chi connectivity index (χ1n) is 9.75. The fourth-order valence-electron chi connectivity index (χ4n) is 4.44. The summed E-state index contributed by atoms with van der Waals surface area (Å²) in [6, 6.07) is 10.3. The van der Waals surface area contributed by atoms with Crippen molar-refractivity contribution in [2.45, 2.75) is 39.7 Å². The molecule has 5 nitrogen and oxygen atoms in total. The van der Waals surface area contributed by atoms with E-state index in [0.717, 1.165) is 36.4 Å². The van der Waals surface area contributed by atoms with Crippen molar-refractivity contribution < 1.29 is 14.3 Å². The van der Waals surface area contributed by atoms with Crippen molar-refractivity contribution in [2.24, 2.45) is 5.41 Å². The number of para-hydroxylation sites is 1. The van der Waals surface area contributed by atoms with Crippen LogP contribution in [-0.4, -0.2) is 42.1 Å². The van der Waals surface area contributed by atoms with Gasteiger partial charge in [0, 0.05) is 49.4 Å². The molecule has 2 aliphatic rings. The van der Waals surface area contributed by atoms with Crippen LogP contribution in [0.1, 0.15) is 53.8 Å². The van der Waals surface area contributed by atoms with E-state index in [0.29, 0.717) is 25.3 Å². The van der Waals surface area contributed by atoms with Gasteiger partial charge in [-0.15, -0.1) is 0 Å². The summed E-state index contributed by atoms with van der Waals surface area (Å²) in [5.41, 5.74) is 2.82. The highest BCUT2D eigenvalue weighted by atomic mass is 16.4. The fourth-order valence-corrected chi connectivity index (χ4v) is 4.44. The van der Waals surface area contributed by atoms with Crippen LogP contribution in [0.15, 0.2) is 34.7 Å². The van der Waals surface area contributed by atoms with Crippen molar-refractivity contribution in [2.75, 3.05) is 31.1 Å². The molecule has 1 amide bonds. The van der Waals surface area contributed by atoms with Crippen LogP contribution in [0.5, 0.6) is 0 Å². The Hall–Kier alpha value is -2.27. The number of aliphatic hydroxyl groups excluding tert-OH is 1. The maximum absolute atomic E-state index is 13.1. The van der Waals surface area contributed by atoms with E-state index in [1.165, 1.54) is 5.69 Å². The van der Waals surface area contributed by atoms with Gasteiger partial charge in [0.05, 0.1) is 6.10 Å². The maximum Gasteiger partial charge on any atom is 0.289 e. The number of furan rings is 1. The molecule has 0 spiro atoms. The van der Waals surface area contributed by atoms with Crippen molar-refractivity contribution in [3.05, 3.63) is 53.0 Å². The Kier molecular flexibility index (Phi) is 4.50. The van der Waals surface area contributed by atoms with Crippen molar-refractivity contribution >= 4 is 11.6 Å². The Balaban J connectivity index is 1.50. The lowest BCUT2D eigenvalue weighted by molar-refractivity contribution is 0.0704. The molecule has 0 bridgehead atoms. The molecule has 1 aromatic carbocycles. The Labute approximate surface area is 160 Å². The minimum absolute atomic E-state index is 0.0155. The molecular weight excluding hydrogens is 340 g/mol. The molecule has 1 aliphatic carbocycles. The summed E-state index contributed by atoms with van der Waals surface area (Å²) in [5.74, 6) is 1.13. The first-order valence-corrected chi connectivity index (χ1v) is 9.75. The second-order valence-corrected chi connectivity index (χ2v) is 8.57. The molecule has 1 N–H and O–H groups in total. The smallest absolute Gasteiger partial charge is 0.289 e. The summed E-state index contributed by atoms with van der Waals surface area (Å²) in [6.07, 6.45) is 0.906. The van der Waals surface area contributed by atoms with Gasteiger partial charge in [0.15, 0.2) is 5.76 Å². The van der Waals surface area contributed by atoms with Gasteiger partial charge in [-0.05, 0) is 30.9 Å². The average molecular weight is 368 g/mol. The summed E-state index contributed by atoms with van der Waals surface area (Å²) >= 11 is 0. The van der Waals surface area contributed by atoms with Gasteiger partial charge in [0.2, 0.25) is 0 Å². The topological polar surface area (TPSA) is 56.9 Å². The zero-order valence-electron chi connectivity index (χ0n) is 16.4. The second-order valence-electron chi connectivity index (χ2n) is 8.57. The number of aliphatic hydroxyl groups is 1. The lowest BCUT2D eigenvalue weighted by Gasteiger charge is -2.35. The number of rotatable bonds is 2. The maximum atomic E-state index is 13.1. The fraction of sp³-hybridized carbons (Fsp3) is 0.500. The normalized spacial score (nSPS) is 21.9. The van der Waals surface area contributed by atoms with Crippen LogP contribution in [0.4, 0.5) is 5.69 Å². The van der Waals surface area contributed by atoms with Crippen LogP contribution in [0.2, 0.25) is 0 Å². The molecule has 1 fully saturated rings. The molecule has 2 heterocycles. The number of anilines is 1. The van der Waals surface area contributed by atoms with Crippen LogP contribution >= 0.6 is 0 Å². The molecule has 0 unspecified atom stereocenters. The quantitative estimate of drug-likeness (QED) is 0.881. The number of carbonyl (C=O) groups is 1. The van der Waals surface area contributed by atoms with E-state index in [1.807, 2.05) is 30.0 Å². The highest BCUT2D eigenvalue weighted by Crippen LogP contribution is 2.44. The molecule has 2 aromatic rings. The first kappa shape index (κ1) is 18.1. The summed E-state index contributed by atoms with van der Waals surface area (Å²) in [5, 5.41) is 10.6. The van der Waals surface area contributed by atoms with E-state index in [4.69, 9.17) is 4.42 Å². The van der Waals surface area contributed by atoms with E-state index in [1.54, 1.807) is 0 Å². The van der Waals surface area contributed by atoms with Gasteiger partial charge in [-0.1, -0.05) is 32.0 Å². The first-order chi connectivity index (χ1) is 12.9. The predicted molar refractivity (Wildman–Crippen MR) is 105 cm³/mol. The van der Waals surface area contributed by atoms with E-state index in [2.05, 4.69) is 30.9 Å². The Morgan fingerprint density at radius 2 is 1.81 bits per heavy atom. The lowest BCUT2D eigenvalue weighted by Crippen LogP contribution is -2.48. The molecule has 1 aliphatic heterocycles. The van der Waals surface area contributed by atoms with E-state index in [-0.39, 0.29) is 11.3 Å². The number of piperazine rings is 1. The van der Waals surface area contributed by atoms with Crippen molar-refractivity contribution in [1.82, 2.24) is 4.90 Å². The average Bonchev–Trinajstić information content (AvgIpc) is 2.97. The third-order valence-electron chi connectivity index (χ3n) is 5.87. The van der Waals surface area contributed by atoms with Crippen LogP contribution in [-0.2, 0) is 6.42 Å². The zero-order chi connectivity index (χ0) is 19.2. The van der Waals surface area contributed by atoms with Gasteiger partial charge in [-0.25, -0.2) is 0 Å². The highest BCUT2D eigenvalue weighted by molar-refractivity contribution is 5.93. The third-order valence-corrected chi connectivity index (χ3v) is 5.87. The van der Waals surface area contributed by atoms with Gasteiger partial charge in [0.25, 0.3) is 5.91 Å². The minimum atomic E-state index is -0.552. The van der Waals surface area contributed by atoms with Gasteiger partial charge in [-0.2, -0.15) is 0 Å².